The van der Waals surface area contributed by atoms with Crippen molar-refractivity contribution in [2.24, 2.45) is 0 Å². The standard InChI is InChI=1S/C14H19N3O/c1-4-17-14(15-9-16-17)13(18)8-12-6-10(2)5-11(3)7-12/h5-7,9,13,18H,4,8H2,1-3H3. The summed E-state index contributed by atoms with van der Waals surface area (Å²) in [6, 6.07) is 6.33. The van der Waals surface area contributed by atoms with Gasteiger partial charge in [-0.05, 0) is 26.3 Å². The van der Waals surface area contributed by atoms with Crippen molar-refractivity contribution in [3.63, 3.8) is 0 Å². The number of nitrogens with zero attached hydrogens (tertiary/aromatic N) is 3. The first kappa shape index (κ1) is 12.8. The van der Waals surface area contributed by atoms with Crippen molar-refractivity contribution < 1.29 is 5.11 Å². The second kappa shape index (κ2) is 5.31. The smallest absolute Gasteiger partial charge is 0.156 e. The van der Waals surface area contributed by atoms with E-state index in [-0.39, 0.29) is 0 Å². The summed E-state index contributed by atoms with van der Waals surface area (Å²) in [4.78, 5) is 4.13. The SMILES string of the molecule is CCn1ncnc1C(O)Cc1cc(C)cc(C)c1. The summed E-state index contributed by atoms with van der Waals surface area (Å²) in [5.74, 6) is 0.636. The maximum atomic E-state index is 10.2. The van der Waals surface area contributed by atoms with Crippen LogP contribution in [0.25, 0.3) is 0 Å². The molecule has 0 aliphatic heterocycles. The molecule has 0 fully saturated rings. The summed E-state index contributed by atoms with van der Waals surface area (Å²) in [7, 11) is 0. The van der Waals surface area contributed by atoms with Crippen LogP contribution in [-0.4, -0.2) is 19.9 Å². The average Bonchev–Trinajstić information content (AvgIpc) is 2.75. The van der Waals surface area contributed by atoms with Crippen molar-refractivity contribution >= 4 is 0 Å². The zero-order valence-corrected chi connectivity index (χ0v) is 11.1. The minimum atomic E-state index is -0.603. The molecule has 2 rings (SSSR count). The highest BCUT2D eigenvalue weighted by atomic mass is 16.3. The van der Waals surface area contributed by atoms with Crippen LogP contribution in [0.5, 0.6) is 0 Å². The first-order chi connectivity index (χ1) is 8.60. The molecule has 0 radical (unpaired) electrons. The second-order valence-corrected chi connectivity index (χ2v) is 4.65. The zero-order valence-electron chi connectivity index (χ0n) is 11.1. The Morgan fingerprint density at radius 1 is 1.22 bits per heavy atom. The minimum absolute atomic E-state index is 0.571. The highest BCUT2D eigenvalue weighted by Gasteiger charge is 2.15. The first-order valence-corrected chi connectivity index (χ1v) is 6.23. The van der Waals surface area contributed by atoms with Crippen LogP contribution >= 0.6 is 0 Å². The summed E-state index contributed by atoms with van der Waals surface area (Å²) in [5.41, 5.74) is 3.56. The lowest BCUT2D eigenvalue weighted by molar-refractivity contribution is 0.162. The van der Waals surface area contributed by atoms with E-state index < -0.39 is 6.10 Å². The van der Waals surface area contributed by atoms with Gasteiger partial charge in [0.15, 0.2) is 5.82 Å². The predicted molar refractivity (Wildman–Crippen MR) is 70.3 cm³/mol. The highest BCUT2D eigenvalue weighted by Crippen LogP contribution is 2.18. The molecule has 1 atom stereocenters. The number of hydrogen-bond acceptors (Lipinski definition) is 3. The number of rotatable bonds is 4. The number of aromatic nitrogens is 3. The third-order valence-corrected chi connectivity index (χ3v) is 2.95. The summed E-state index contributed by atoms with van der Waals surface area (Å²) in [6.07, 6.45) is 1.46. The molecule has 96 valence electrons. The van der Waals surface area contributed by atoms with E-state index in [1.807, 2.05) is 6.92 Å². The third kappa shape index (κ3) is 2.76. The number of aliphatic hydroxyl groups excluding tert-OH is 1. The Morgan fingerprint density at radius 2 is 1.89 bits per heavy atom. The van der Waals surface area contributed by atoms with Crippen LogP contribution < -0.4 is 0 Å². The van der Waals surface area contributed by atoms with Crippen molar-refractivity contribution in [1.82, 2.24) is 14.8 Å². The van der Waals surface area contributed by atoms with Gasteiger partial charge < -0.3 is 5.11 Å². The van der Waals surface area contributed by atoms with E-state index in [2.05, 4.69) is 42.1 Å². The maximum Gasteiger partial charge on any atom is 0.156 e. The number of hydrogen-bond donors (Lipinski definition) is 1. The molecular weight excluding hydrogens is 226 g/mol. The molecule has 1 unspecified atom stereocenters. The molecule has 18 heavy (non-hydrogen) atoms. The quantitative estimate of drug-likeness (QED) is 0.898. The molecule has 0 aliphatic rings. The molecule has 4 heteroatoms. The summed E-state index contributed by atoms with van der Waals surface area (Å²) >= 11 is 0. The van der Waals surface area contributed by atoms with Crippen molar-refractivity contribution in [1.29, 1.82) is 0 Å². The van der Waals surface area contributed by atoms with Crippen LogP contribution in [0, 0.1) is 13.8 Å². The molecule has 1 N–H and O–H groups in total. The van der Waals surface area contributed by atoms with Gasteiger partial charge in [-0.3, -0.25) is 0 Å². The van der Waals surface area contributed by atoms with E-state index in [9.17, 15) is 5.11 Å². The van der Waals surface area contributed by atoms with Gasteiger partial charge >= 0.3 is 0 Å². The topological polar surface area (TPSA) is 50.9 Å². The van der Waals surface area contributed by atoms with Crippen LogP contribution in [0.1, 0.15) is 35.5 Å². The van der Waals surface area contributed by atoms with E-state index >= 15 is 0 Å². The monoisotopic (exact) mass is 245 g/mol. The predicted octanol–water partition coefficient (Wildman–Crippen LogP) is 2.19. The molecule has 0 saturated heterocycles. The molecule has 0 saturated carbocycles. The van der Waals surface area contributed by atoms with Crippen LogP contribution in [0.4, 0.5) is 0 Å². The van der Waals surface area contributed by atoms with Gasteiger partial charge in [0.1, 0.15) is 12.4 Å². The summed E-state index contributed by atoms with van der Waals surface area (Å²) in [5, 5.41) is 14.3. The fourth-order valence-corrected chi connectivity index (χ4v) is 2.28. The Bertz CT molecular complexity index is 513. The highest BCUT2D eigenvalue weighted by molar-refractivity contribution is 5.29. The van der Waals surface area contributed by atoms with E-state index in [1.54, 1.807) is 4.68 Å². The Balaban J connectivity index is 2.18. The lowest BCUT2D eigenvalue weighted by Gasteiger charge is -2.12. The van der Waals surface area contributed by atoms with Crippen molar-refractivity contribution in [3.05, 3.63) is 47.0 Å². The third-order valence-electron chi connectivity index (χ3n) is 2.95. The minimum Gasteiger partial charge on any atom is -0.385 e. The lowest BCUT2D eigenvalue weighted by atomic mass is 10.0. The molecule has 0 amide bonds. The van der Waals surface area contributed by atoms with Crippen LogP contribution in [-0.2, 0) is 13.0 Å². The van der Waals surface area contributed by atoms with Gasteiger partial charge in [-0.2, -0.15) is 5.10 Å². The van der Waals surface area contributed by atoms with Gasteiger partial charge in [0.25, 0.3) is 0 Å². The van der Waals surface area contributed by atoms with Gasteiger partial charge in [0.05, 0.1) is 0 Å². The zero-order chi connectivity index (χ0) is 13.1. The number of benzene rings is 1. The van der Waals surface area contributed by atoms with Gasteiger partial charge in [-0.15, -0.1) is 0 Å². The van der Waals surface area contributed by atoms with Gasteiger partial charge in [-0.25, -0.2) is 9.67 Å². The Kier molecular flexibility index (Phi) is 3.77. The van der Waals surface area contributed by atoms with E-state index in [0.29, 0.717) is 12.2 Å². The average molecular weight is 245 g/mol. The van der Waals surface area contributed by atoms with Crippen molar-refractivity contribution in [2.75, 3.05) is 0 Å². The number of aliphatic hydroxyl groups is 1. The normalized spacial score (nSPS) is 12.7. The Labute approximate surface area is 107 Å². The van der Waals surface area contributed by atoms with E-state index in [1.165, 1.54) is 17.5 Å². The lowest BCUT2D eigenvalue weighted by Crippen LogP contribution is -2.11. The fraction of sp³-hybridized carbons (Fsp3) is 0.429. The second-order valence-electron chi connectivity index (χ2n) is 4.65. The van der Waals surface area contributed by atoms with Crippen molar-refractivity contribution in [2.45, 2.75) is 39.8 Å². The molecule has 0 spiro atoms. The van der Waals surface area contributed by atoms with E-state index in [4.69, 9.17) is 0 Å². The van der Waals surface area contributed by atoms with Crippen LogP contribution in [0.3, 0.4) is 0 Å². The van der Waals surface area contributed by atoms with Gasteiger partial charge in [0.2, 0.25) is 0 Å². The largest absolute Gasteiger partial charge is 0.385 e. The van der Waals surface area contributed by atoms with E-state index in [0.717, 1.165) is 12.1 Å². The molecule has 1 aromatic carbocycles. The Hall–Kier alpha value is -1.68. The molecule has 1 heterocycles. The van der Waals surface area contributed by atoms with Gasteiger partial charge in [0, 0.05) is 13.0 Å². The molecular formula is C14H19N3O. The fourth-order valence-electron chi connectivity index (χ4n) is 2.28. The summed E-state index contributed by atoms with van der Waals surface area (Å²) < 4.78 is 1.73. The first-order valence-electron chi connectivity index (χ1n) is 6.23. The molecule has 0 bridgehead atoms. The summed E-state index contributed by atoms with van der Waals surface area (Å²) in [6.45, 7) is 6.84. The van der Waals surface area contributed by atoms with Crippen LogP contribution in [0.15, 0.2) is 24.5 Å². The molecule has 1 aromatic heterocycles. The molecule has 2 aromatic rings. The maximum absolute atomic E-state index is 10.2. The van der Waals surface area contributed by atoms with Gasteiger partial charge in [-0.1, -0.05) is 29.3 Å². The van der Waals surface area contributed by atoms with Crippen LogP contribution in [0.2, 0.25) is 0 Å². The molecule has 4 nitrogen and oxygen atoms in total. The molecule has 0 aliphatic carbocycles. The number of aryl methyl sites for hydroxylation is 3. The van der Waals surface area contributed by atoms with Crippen molar-refractivity contribution in [3.8, 4) is 0 Å². The Morgan fingerprint density at radius 3 is 2.50 bits per heavy atom.